The number of carboxylic acids is 1. The Hall–Kier alpha value is -3.77. The molecule has 0 saturated heterocycles. The van der Waals surface area contributed by atoms with E-state index >= 15 is 0 Å². The van der Waals surface area contributed by atoms with Gasteiger partial charge in [0.15, 0.2) is 0 Å². The maximum Gasteiger partial charge on any atom is 0.331 e. The van der Waals surface area contributed by atoms with E-state index in [9.17, 15) is 19.5 Å². The Morgan fingerprint density at radius 3 is 1.83 bits per heavy atom. The van der Waals surface area contributed by atoms with Gasteiger partial charge in [-0.15, -0.1) is 0 Å². The number of imide groups is 1. The predicted octanol–water partition coefficient (Wildman–Crippen LogP) is 3.99. The molecular weight excluding hydrogens is 452 g/mol. The van der Waals surface area contributed by atoms with Crippen molar-refractivity contribution in [2.24, 2.45) is 0 Å². The van der Waals surface area contributed by atoms with Gasteiger partial charge in [0, 0.05) is 41.0 Å². The molecule has 36 heavy (non-hydrogen) atoms. The molecule has 0 radical (unpaired) electrons. The molecular formula is C30H28N2O4. The van der Waals surface area contributed by atoms with Gasteiger partial charge >= 0.3 is 5.97 Å². The lowest BCUT2D eigenvalue weighted by Gasteiger charge is -2.48. The fraction of sp³-hybridized carbons (Fsp3) is 0.300. The molecule has 6 heteroatoms. The lowest BCUT2D eigenvalue weighted by Crippen LogP contribution is -2.63. The number of aliphatic carboxylic acids is 1. The van der Waals surface area contributed by atoms with Gasteiger partial charge in [-0.25, -0.2) is 4.79 Å². The summed E-state index contributed by atoms with van der Waals surface area (Å²) in [4.78, 5) is 44.3. The Balaban J connectivity index is 1.55. The average Bonchev–Trinajstić information content (AvgIpc) is 3.15. The summed E-state index contributed by atoms with van der Waals surface area (Å²) >= 11 is 0. The standard InChI is InChI=1S/C30H28N2O4/c1-4-22(31(2)3)30(15-9-10-17(16-30)29(35)36)32-27(33)25-23-18-11-5-6-12-19(18)24(26(25)28(32)34)21-14-8-7-13-20(21)23/h5-15,22-24H,4,16H2,1-3H3,(H,35,36). The summed E-state index contributed by atoms with van der Waals surface area (Å²) < 4.78 is 0. The number of hydrogen-bond donors (Lipinski definition) is 1. The lowest BCUT2D eigenvalue weighted by molar-refractivity contribution is -0.146. The van der Waals surface area contributed by atoms with E-state index < -0.39 is 11.5 Å². The maximum atomic E-state index is 14.4. The smallest absolute Gasteiger partial charge is 0.331 e. The zero-order chi connectivity index (χ0) is 25.4. The van der Waals surface area contributed by atoms with Gasteiger partial charge in [0.1, 0.15) is 0 Å². The van der Waals surface area contributed by atoms with Gasteiger partial charge in [-0.3, -0.25) is 14.5 Å². The van der Waals surface area contributed by atoms with Crippen LogP contribution in [0.15, 0.2) is 83.5 Å². The molecule has 1 heterocycles. The van der Waals surface area contributed by atoms with Gasteiger partial charge in [-0.05, 0) is 42.8 Å². The van der Waals surface area contributed by atoms with Crippen LogP contribution < -0.4 is 0 Å². The van der Waals surface area contributed by atoms with Crippen LogP contribution in [0.2, 0.25) is 0 Å². The second kappa shape index (κ2) is 7.87. The summed E-state index contributed by atoms with van der Waals surface area (Å²) in [7, 11) is 3.83. The van der Waals surface area contributed by atoms with Crippen molar-refractivity contribution in [1.82, 2.24) is 9.80 Å². The molecule has 1 N–H and O–H groups in total. The third-order valence-corrected chi connectivity index (χ3v) is 8.40. The van der Waals surface area contributed by atoms with E-state index in [-0.39, 0.29) is 41.7 Å². The molecule has 6 nitrogen and oxygen atoms in total. The number of allylic oxidation sites excluding steroid dienone is 2. The zero-order valence-electron chi connectivity index (χ0n) is 20.6. The maximum absolute atomic E-state index is 14.4. The van der Waals surface area contributed by atoms with Crippen molar-refractivity contribution in [3.05, 3.63) is 106 Å². The average molecular weight is 481 g/mol. The summed E-state index contributed by atoms with van der Waals surface area (Å²) in [6.45, 7) is 2.01. The van der Waals surface area contributed by atoms with Crippen LogP contribution in [0.1, 0.15) is 53.9 Å². The van der Waals surface area contributed by atoms with Crippen LogP contribution in [0.4, 0.5) is 0 Å². The summed E-state index contributed by atoms with van der Waals surface area (Å²) in [5.41, 5.74) is 4.47. The van der Waals surface area contributed by atoms with Gasteiger partial charge in [-0.1, -0.05) is 73.7 Å². The number of hydrogen-bond acceptors (Lipinski definition) is 4. The van der Waals surface area contributed by atoms with Gasteiger partial charge in [-0.2, -0.15) is 0 Å². The third kappa shape index (κ3) is 2.79. The SMILES string of the molecule is CCC(N(C)C)C1(N2C(=O)C3=C(C2=O)C2c4ccccc4C3c3ccccc32)C=CC=C(C(=O)O)C1. The second-order valence-corrected chi connectivity index (χ2v) is 10.3. The quantitative estimate of drug-likeness (QED) is 0.655. The topological polar surface area (TPSA) is 77.9 Å². The van der Waals surface area contributed by atoms with Crippen LogP contribution in [-0.2, 0) is 14.4 Å². The zero-order valence-corrected chi connectivity index (χ0v) is 20.6. The summed E-state index contributed by atoms with van der Waals surface area (Å²) in [5, 5.41) is 9.86. The van der Waals surface area contributed by atoms with Crippen LogP contribution in [0, 0.1) is 0 Å². The van der Waals surface area contributed by atoms with E-state index in [0.29, 0.717) is 17.6 Å². The van der Waals surface area contributed by atoms with Crippen LogP contribution in [-0.4, -0.2) is 58.4 Å². The minimum Gasteiger partial charge on any atom is -0.478 e. The minimum atomic E-state index is -1.11. The number of rotatable bonds is 5. The minimum absolute atomic E-state index is 0.0722. The Bertz CT molecular complexity index is 1310. The molecule has 5 aliphatic rings. The molecule has 4 aliphatic carbocycles. The number of likely N-dealkylation sites (N-methyl/N-ethyl adjacent to an activating group) is 1. The number of nitrogens with zero attached hydrogens (tertiary/aromatic N) is 2. The van der Waals surface area contributed by atoms with E-state index in [2.05, 4.69) is 24.3 Å². The van der Waals surface area contributed by atoms with Crippen LogP contribution >= 0.6 is 0 Å². The van der Waals surface area contributed by atoms with Crippen molar-refractivity contribution in [2.75, 3.05) is 14.1 Å². The molecule has 2 aromatic rings. The molecule has 1 aliphatic heterocycles. The molecule has 2 aromatic carbocycles. The Labute approximate surface area is 210 Å². The first-order valence-corrected chi connectivity index (χ1v) is 12.4. The lowest BCUT2D eigenvalue weighted by atomic mass is 9.61. The molecule has 0 saturated carbocycles. The van der Waals surface area contributed by atoms with Crippen molar-refractivity contribution >= 4 is 17.8 Å². The predicted molar refractivity (Wildman–Crippen MR) is 135 cm³/mol. The summed E-state index contributed by atoms with van der Waals surface area (Å²) in [5.74, 6) is -2.25. The number of amides is 2. The fourth-order valence-corrected chi connectivity index (χ4v) is 7.13. The molecule has 7 rings (SSSR count). The Morgan fingerprint density at radius 2 is 1.44 bits per heavy atom. The highest BCUT2D eigenvalue weighted by Gasteiger charge is 2.59. The van der Waals surface area contributed by atoms with Gasteiger partial charge < -0.3 is 10.0 Å². The molecule has 0 aromatic heterocycles. The molecule has 0 fully saturated rings. The third-order valence-electron chi connectivity index (χ3n) is 8.40. The molecule has 2 bridgehead atoms. The monoisotopic (exact) mass is 480 g/mol. The van der Waals surface area contributed by atoms with Gasteiger partial charge in [0.25, 0.3) is 11.8 Å². The largest absolute Gasteiger partial charge is 0.478 e. The van der Waals surface area contributed by atoms with Crippen molar-refractivity contribution in [3.8, 4) is 0 Å². The van der Waals surface area contributed by atoms with Crippen molar-refractivity contribution < 1.29 is 19.5 Å². The number of benzene rings is 2. The van der Waals surface area contributed by atoms with E-state index in [1.54, 1.807) is 12.2 Å². The highest BCUT2D eigenvalue weighted by atomic mass is 16.4. The number of carbonyl (C=O) groups excluding carboxylic acids is 2. The van der Waals surface area contributed by atoms with Gasteiger partial charge in [0.05, 0.1) is 5.54 Å². The Morgan fingerprint density at radius 1 is 0.972 bits per heavy atom. The molecule has 182 valence electrons. The summed E-state index contributed by atoms with van der Waals surface area (Å²) in [6.07, 6.45) is 5.83. The first-order chi connectivity index (χ1) is 17.3. The summed E-state index contributed by atoms with van der Waals surface area (Å²) in [6, 6.07) is 15.9. The number of carboxylic acid groups (broad SMARTS) is 1. The van der Waals surface area contributed by atoms with Crippen LogP contribution in [0.5, 0.6) is 0 Å². The van der Waals surface area contributed by atoms with E-state index in [0.717, 1.165) is 22.3 Å². The number of carbonyl (C=O) groups is 3. The van der Waals surface area contributed by atoms with Crippen molar-refractivity contribution in [3.63, 3.8) is 0 Å². The van der Waals surface area contributed by atoms with Gasteiger partial charge in [0.2, 0.25) is 0 Å². The first kappa shape index (κ1) is 22.7. The van der Waals surface area contributed by atoms with Crippen LogP contribution in [0.3, 0.4) is 0 Å². The highest BCUT2D eigenvalue weighted by molar-refractivity contribution is 6.23. The highest BCUT2D eigenvalue weighted by Crippen LogP contribution is 2.59. The second-order valence-electron chi connectivity index (χ2n) is 10.3. The van der Waals surface area contributed by atoms with Crippen molar-refractivity contribution in [2.45, 2.75) is 43.2 Å². The first-order valence-electron chi connectivity index (χ1n) is 12.4. The van der Waals surface area contributed by atoms with E-state index in [1.165, 1.54) is 4.90 Å². The molecule has 2 atom stereocenters. The van der Waals surface area contributed by atoms with Crippen LogP contribution in [0.25, 0.3) is 0 Å². The normalized spacial score (nSPS) is 26.7. The van der Waals surface area contributed by atoms with E-state index in [4.69, 9.17) is 0 Å². The Kier molecular flexibility index (Phi) is 4.96. The van der Waals surface area contributed by atoms with Crippen molar-refractivity contribution in [1.29, 1.82) is 0 Å². The molecule has 0 spiro atoms. The molecule has 2 unspecified atom stereocenters. The molecule has 2 amide bonds. The fourth-order valence-electron chi connectivity index (χ4n) is 7.13. The van der Waals surface area contributed by atoms with E-state index in [1.807, 2.05) is 56.3 Å².